The molecule has 3 rings (SSSR count). The summed E-state index contributed by atoms with van der Waals surface area (Å²) in [7, 11) is 0. The molecule has 0 aliphatic carbocycles. The monoisotopic (exact) mass is 340 g/mol. The molecule has 0 radical (unpaired) electrons. The van der Waals surface area contributed by atoms with Crippen molar-refractivity contribution < 1.29 is 4.52 Å². The summed E-state index contributed by atoms with van der Waals surface area (Å²) in [6.45, 7) is 4.52. The van der Waals surface area contributed by atoms with E-state index < -0.39 is 0 Å². The van der Waals surface area contributed by atoms with Crippen molar-refractivity contribution in [2.45, 2.75) is 35.0 Å². The van der Waals surface area contributed by atoms with Crippen molar-refractivity contribution in [2.75, 3.05) is 5.75 Å². The van der Waals surface area contributed by atoms with Crippen molar-refractivity contribution in [3.8, 4) is 0 Å². The molecule has 2 heterocycles. The number of halogens is 1. The molecule has 1 fully saturated rings. The lowest BCUT2D eigenvalue weighted by atomic mass is 10.1. The minimum absolute atomic E-state index is 0.290. The molecule has 4 unspecified atom stereocenters. The van der Waals surface area contributed by atoms with Crippen molar-refractivity contribution in [1.29, 1.82) is 0 Å². The fourth-order valence-electron chi connectivity index (χ4n) is 2.16. The predicted octanol–water partition coefficient (Wildman–Crippen LogP) is 4.70. The van der Waals surface area contributed by atoms with Gasteiger partial charge in [-0.1, -0.05) is 49.3 Å². The van der Waals surface area contributed by atoms with E-state index in [0.29, 0.717) is 21.6 Å². The van der Waals surface area contributed by atoms with Crippen LogP contribution in [0.3, 0.4) is 0 Å². The molecule has 0 spiro atoms. The first-order valence-corrected chi connectivity index (χ1v) is 9.37. The van der Waals surface area contributed by atoms with Gasteiger partial charge in [-0.25, -0.2) is 0 Å². The lowest BCUT2D eigenvalue weighted by molar-refractivity contribution is 0.377. The summed E-state index contributed by atoms with van der Waals surface area (Å²) in [5.41, 5.74) is 0.974. The summed E-state index contributed by atoms with van der Waals surface area (Å²) in [5.74, 6) is 2.27. The van der Waals surface area contributed by atoms with Crippen LogP contribution >= 0.6 is 35.1 Å². The highest BCUT2D eigenvalue weighted by atomic mass is 35.5. The Bertz CT molecular complexity index is 592. The van der Waals surface area contributed by atoms with Crippen molar-refractivity contribution in [3.63, 3.8) is 0 Å². The summed E-state index contributed by atoms with van der Waals surface area (Å²) >= 11 is 10.3. The molecule has 6 heteroatoms. The van der Waals surface area contributed by atoms with Crippen molar-refractivity contribution >= 4 is 35.1 Å². The second-order valence-electron chi connectivity index (χ2n) is 5.13. The van der Waals surface area contributed by atoms with Gasteiger partial charge in [-0.15, -0.1) is 23.4 Å². The molecule has 0 N–H and O–H groups in total. The van der Waals surface area contributed by atoms with Gasteiger partial charge < -0.3 is 4.52 Å². The van der Waals surface area contributed by atoms with Crippen LogP contribution in [0.15, 0.2) is 34.9 Å². The van der Waals surface area contributed by atoms with Crippen LogP contribution in [0.25, 0.3) is 0 Å². The quantitative estimate of drug-likeness (QED) is 0.757. The normalized spacial score (nSPS) is 27.5. The van der Waals surface area contributed by atoms with E-state index in [2.05, 4.69) is 24.0 Å². The molecule has 0 saturated carbocycles. The second kappa shape index (κ2) is 6.63. The summed E-state index contributed by atoms with van der Waals surface area (Å²) in [6, 6.07) is 9.81. The molecule has 1 aromatic heterocycles. The predicted molar refractivity (Wildman–Crippen MR) is 90.2 cm³/mol. The molecule has 4 atom stereocenters. The molecule has 21 heavy (non-hydrogen) atoms. The SMILES string of the molecule is CC1SCC(c2noc(C(Cl)c3ccccc3)n2)SC1C. The highest BCUT2D eigenvalue weighted by Gasteiger charge is 2.30. The van der Waals surface area contributed by atoms with Crippen molar-refractivity contribution in [2.24, 2.45) is 0 Å². The molecule has 1 aliphatic rings. The Balaban J connectivity index is 1.75. The fraction of sp³-hybridized carbons (Fsp3) is 0.467. The number of aromatic nitrogens is 2. The average molecular weight is 341 g/mol. The third-order valence-corrected chi connectivity index (χ3v) is 7.43. The topological polar surface area (TPSA) is 38.9 Å². The number of benzene rings is 1. The van der Waals surface area contributed by atoms with E-state index in [0.717, 1.165) is 17.1 Å². The zero-order valence-electron chi connectivity index (χ0n) is 11.9. The Labute approximate surface area is 138 Å². The fourth-order valence-corrected chi connectivity index (χ4v) is 5.23. The molecule has 112 valence electrons. The third kappa shape index (κ3) is 3.41. The molecule has 2 aromatic rings. The van der Waals surface area contributed by atoms with Gasteiger partial charge in [0.05, 0.1) is 5.25 Å². The van der Waals surface area contributed by atoms with Crippen LogP contribution in [0, 0.1) is 0 Å². The van der Waals surface area contributed by atoms with Gasteiger partial charge in [0.25, 0.3) is 0 Å². The van der Waals surface area contributed by atoms with Gasteiger partial charge in [0, 0.05) is 16.3 Å². The molecule has 1 aromatic carbocycles. The van der Waals surface area contributed by atoms with Gasteiger partial charge in [-0.3, -0.25) is 0 Å². The highest BCUT2D eigenvalue weighted by molar-refractivity contribution is 8.07. The first-order chi connectivity index (χ1) is 10.1. The maximum absolute atomic E-state index is 6.43. The van der Waals surface area contributed by atoms with Crippen LogP contribution < -0.4 is 0 Å². The van der Waals surface area contributed by atoms with E-state index in [1.165, 1.54) is 0 Å². The maximum atomic E-state index is 6.43. The molecular formula is C15H17ClN2OS2. The maximum Gasteiger partial charge on any atom is 0.249 e. The number of nitrogens with zero attached hydrogens (tertiary/aromatic N) is 2. The minimum atomic E-state index is -0.384. The minimum Gasteiger partial charge on any atom is -0.337 e. The Morgan fingerprint density at radius 2 is 2.00 bits per heavy atom. The van der Waals surface area contributed by atoms with Crippen LogP contribution in [0.2, 0.25) is 0 Å². The van der Waals surface area contributed by atoms with Crippen LogP contribution in [-0.4, -0.2) is 26.4 Å². The number of hydrogen-bond donors (Lipinski definition) is 0. The van der Waals surface area contributed by atoms with E-state index in [4.69, 9.17) is 16.1 Å². The van der Waals surface area contributed by atoms with Gasteiger partial charge in [0.15, 0.2) is 5.82 Å². The average Bonchev–Trinajstić information content (AvgIpc) is 3.00. The Kier molecular flexibility index (Phi) is 4.82. The molecular weight excluding hydrogens is 324 g/mol. The van der Waals surface area contributed by atoms with Crippen LogP contribution in [0.1, 0.15) is 41.8 Å². The standard InChI is InChI=1S/C15H17ClN2OS2/c1-9-10(2)21-12(8-20-9)14-17-15(19-18-14)13(16)11-6-4-3-5-7-11/h3-7,9-10,12-13H,8H2,1-2H3. The molecule has 0 bridgehead atoms. The van der Waals surface area contributed by atoms with Gasteiger partial charge in [-0.2, -0.15) is 16.7 Å². The van der Waals surface area contributed by atoms with Gasteiger partial charge in [0.2, 0.25) is 5.89 Å². The van der Waals surface area contributed by atoms with Crippen LogP contribution in [-0.2, 0) is 0 Å². The zero-order chi connectivity index (χ0) is 14.8. The van der Waals surface area contributed by atoms with Crippen molar-refractivity contribution in [1.82, 2.24) is 10.1 Å². The van der Waals surface area contributed by atoms with Gasteiger partial charge in [0.1, 0.15) is 5.38 Å². The second-order valence-corrected chi connectivity index (χ2v) is 8.56. The first kappa shape index (κ1) is 15.3. The van der Waals surface area contributed by atoms with E-state index in [1.54, 1.807) is 0 Å². The van der Waals surface area contributed by atoms with E-state index in [-0.39, 0.29) is 5.38 Å². The number of alkyl halides is 1. The van der Waals surface area contributed by atoms with Crippen LogP contribution in [0.5, 0.6) is 0 Å². The molecule has 1 saturated heterocycles. The summed E-state index contributed by atoms with van der Waals surface area (Å²) in [4.78, 5) is 4.53. The number of thioether (sulfide) groups is 2. The Morgan fingerprint density at radius 1 is 1.24 bits per heavy atom. The first-order valence-electron chi connectivity index (χ1n) is 6.94. The summed E-state index contributed by atoms with van der Waals surface area (Å²) < 4.78 is 5.38. The summed E-state index contributed by atoms with van der Waals surface area (Å²) in [6.07, 6.45) is 0. The Hall–Kier alpha value is -0.650. The third-order valence-electron chi connectivity index (χ3n) is 3.60. The largest absolute Gasteiger partial charge is 0.337 e. The smallest absolute Gasteiger partial charge is 0.249 e. The lowest BCUT2D eigenvalue weighted by Crippen LogP contribution is -2.22. The van der Waals surface area contributed by atoms with Crippen molar-refractivity contribution in [3.05, 3.63) is 47.6 Å². The van der Waals surface area contributed by atoms with Gasteiger partial charge in [-0.05, 0) is 5.56 Å². The number of rotatable bonds is 3. The van der Waals surface area contributed by atoms with Gasteiger partial charge >= 0.3 is 0 Å². The number of hydrogen-bond acceptors (Lipinski definition) is 5. The van der Waals surface area contributed by atoms with E-state index in [1.807, 2.05) is 53.9 Å². The molecule has 3 nitrogen and oxygen atoms in total. The highest BCUT2D eigenvalue weighted by Crippen LogP contribution is 2.43. The molecule has 1 aliphatic heterocycles. The Morgan fingerprint density at radius 3 is 2.71 bits per heavy atom. The molecule has 0 amide bonds. The van der Waals surface area contributed by atoms with E-state index >= 15 is 0 Å². The summed E-state index contributed by atoms with van der Waals surface area (Å²) in [5, 5.41) is 5.31. The zero-order valence-corrected chi connectivity index (χ0v) is 14.3. The van der Waals surface area contributed by atoms with E-state index in [9.17, 15) is 0 Å². The lowest BCUT2D eigenvalue weighted by Gasteiger charge is -2.29. The van der Waals surface area contributed by atoms with Crippen LogP contribution in [0.4, 0.5) is 0 Å².